The number of benzene rings is 1. The molecule has 4 fully saturated rings. The summed E-state index contributed by atoms with van der Waals surface area (Å²) in [5.74, 6) is 0.0658. The molecule has 4 aliphatic carbocycles. The van der Waals surface area contributed by atoms with Gasteiger partial charge in [-0.15, -0.1) is 0 Å². The number of amides is 2. The molecule has 4 bridgehead atoms. The van der Waals surface area contributed by atoms with Gasteiger partial charge >= 0.3 is 5.97 Å². The molecule has 0 spiro atoms. The van der Waals surface area contributed by atoms with Crippen LogP contribution in [0.2, 0.25) is 10.0 Å². The van der Waals surface area contributed by atoms with Gasteiger partial charge in [0, 0.05) is 22.5 Å². The molecule has 6 nitrogen and oxygen atoms in total. The van der Waals surface area contributed by atoms with Gasteiger partial charge in [-0.1, -0.05) is 29.3 Å². The molecular weight excluding hydrogens is 451 g/mol. The molecule has 2 amide bonds. The van der Waals surface area contributed by atoms with Gasteiger partial charge in [0.15, 0.2) is 6.10 Å². The van der Waals surface area contributed by atoms with Gasteiger partial charge in [-0.25, -0.2) is 0 Å². The molecule has 0 aliphatic heterocycles. The number of carbonyl (C=O) groups is 3. The Labute approximate surface area is 198 Å². The third-order valence-electron chi connectivity index (χ3n) is 7.38. The zero-order valence-corrected chi connectivity index (χ0v) is 20.2. The van der Waals surface area contributed by atoms with Gasteiger partial charge in [-0.05, 0) is 81.9 Å². The Kier molecular flexibility index (Phi) is 6.23. The molecule has 174 valence electrons. The Morgan fingerprint density at radius 2 is 1.75 bits per heavy atom. The summed E-state index contributed by atoms with van der Waals surface area (Å²) in [4.78, 5) is 37.9. The summed E-state index contributed by atoms with van der Waals surface area (Å²) in [6.07, 6.45) is 4.16. The first-order chi connectivity index (χ1) is 15.0. The molecule has 0 aromatic heterocycles. The van der Waals surface area contributed by atoms with Crippen LogP contribution in [0.5, 0.6) is 0 Å². The van der Waals surface area contributed by atoms with Crippen molar-refractivity contribution in [2.24, 2.45) is 17.3 Å². The molecule has 5 rings (SSSR count). The second-order valence-corrected chi connectivity index (χ2v) is 11.0. The van der Waals surface area contributed by atoms with Crippen LogP contribution in [-0.4, -0.2) is 29.4 Å². The van der Waals surface area contributed by atoms with E-state index in [9.17, 15) is 14.4 Å². The summed E-state index contributed by atoms with van der Waals surface area (Å²) in [7, 11) is 0. The molecule has 0 heterocycles. The zero-order valence-electron chi connectivity index (χ0n) is 18.7. The highest BCUT2D eigenvalue weighted by Crippen LogP contribution is 2.62. The van der Waals surface area contributed by atoms with Crippen LogP contribution in [0.15, 0.2) is 18.2 Å². The number of nitrogens with one attached hydrogen (secondary N) is 2. The number of ether oxygens (including phenoxy) is 1. The lowest BCUT2D eigenvalue weighted by atomic mass is 9.47. The number of hydrogen-bond donors (Lipinski definition) is 2. The van der Waals surface area contributed by atoms with E-state index in [2.05, 4.69) is 10.6 Å². The van der Waals surface area contributed by atoms with Crippen molar-refractivity contribution in [1.82, 2.24) is 10.6 Å². The standard InChI is InChI=1S/C24H30Cl2N2O4/c1-13(19-5-4-18(25)7-20(19)26)27-21(30)14(2)32-22(31)23-8-16-6-17(9-23)11-24(10-16,12-23)28-15(3)29/h4-5,7,13-14,16-17H,6,8-12H2,1-3H3,(H,27,30)(H,28,29)/t13-,14+,16+,17+,23?,24?/m1/s1. The lowest BCUT2D eigenvalue weighted by molar-refractivity contribution is -0.182. The first kappa shape index (κ1) is 23.4. The van der Waals surface area contributed by atoms with E-state index in [-0.39, 0.29) is 29.4 Å². The first-order valence-corrected chi connectivity index (χ1v) is 12.0. The Morgan fingerprint density at radius 1 is 1.09 bits per heavy atom. The maximum absolute atomic E-state index is 13.3. The SMILES string of the molecule is CC(=O)NC12C[C@H]3C[C@H](C1)CC(C(=O)O[C@@H](C)C(=O)N[C@H](C)c1ccc(Cl)cc1Cl)(C3)C2. The monoisotopic (exact) mass is 480 g/mol. The minimum atomic E-state index is -0.930. The lowest BCUT2D eigenvalue weighted by Crippen LogP contribution is -2.65. The van der Waals surface area contributed by atoms with E-state index in [1.54, 1.807) is 25.1 Å². The highest BCUT2D eigenvalue weighted by Gasteiger charge is 2.61. The van der Waals surface area contributed by atoms with Crippen LogP contribution in [0, 0.1) is 17.3 Å². The van der Waals surface area contributed by atoms with Crippen molar-refractivity contribution in [3.8, 4) is 0 Å². The minimum Gasteiger partial charge on any atom is -0.452 e. The van der Waals surface area contributed by atoms with Crippen molar-refractivity contribution < 1.29 is 19.1 Å². The van der Waals surface area contributed by atoms with Crippen LogP contribution in [0.3, 0.4) is 0 Å². The fraction of sp³-hybridized carbons (Fsp3) is 0.625. The predicted octanol–water partition coefficient (Wildman–Crippen LogP) is 4.58. The Bertz CT molecular complexity index is 936. The normalized spacial score (nSPS) is 32.2. The van der Waals surface area contributed by atoms with Crippen LogP contribution in [-0.2, 0) is 19.1 Å². The molecule has 32 heavy (non-hydrogen) atoms. The molecule has 4 aliphatic rings. The molecule has 0 unspecified atom stereocenters. The Balaban J connectivity index is 1.42. The third-order valence-corrected chi connectivity index (χ3v) is 7.94. The van der Waals surface area contributed by atoms with Crippen LogP contribution in [0.1, 0.15) is 70.9 Å². The van der Waals surface area contributed by atoms with E-state index in [0.717, 1.165) is 37.7 Å². The number of halogens is 2. The fourth-order valence-electron chi connectivity index (χ4n) is 6.62. The second-order valence-electron chi connectivity index (χ2n) is 10.1. The van der Waals surface area contributed by atoms with Crippen LogP contribution in [0.4, 0.5) is 0 Å². The van der Waals surface area contributed by atoms with E-state index in [0.29, 0.717) is 28.3 Å². The first-order valence-electron chi connectivity index (χ1n) is 11.3. The predicted molar refractivity (Wildman–Crippen MR) is 122 cm³/mol. The quantitative estimate of drug-likeness (QED) is 0.583. The summed E-state index contributed by atoms with van der Waals surface area (Å²) in [5.41, 5.74) is -0.201. The molecule has 1 aromatic carbocycles. The summed E-state index contributed by atoms with van der Waals surface area (Å²) < 4.78 is 5.72. The summed E-state index contributed by atoms with van der Waals surface area (Å²) in [6, 6.07) is 4.74. The van der Waals surface area contributed by atoms with Gasteiger partial charge < -0.3 is 15.4 Å². The van der Waals surface area contributed by atoms with Crippen molar-refractivity contribution in [3.05, 3.63) is 33.8 Å². The van der Waals surface area contributed by atoms with Crippen molar-refractivity contribution in [1.29, 1.82) is 0 Å². The van der Waals surface area contributed by atoms with Gasteiger partial charge in [0.05, 0.1) is 11.5 Å². The Hall–Kier alpha value is -1.79. The summed E-state index contributed by atoms with van der Waals surface area (Å²) >= 11 is 12.2. The van der Waals surface area contributed by atoms with Crippen molar-refractivity contribution in [2.75, 3.05) is 0 Å². The smallest absolute Gasteiger partial charge is 0.312 e. The van der Waals surface area contributed by atoms with E-state index < -0.39 is 11.5 Å². The van der Waals surface area contributed by atoms with Gasteiger partial charge in [0.25, 0.3) is 5.91 Å². The van der Waals surface area contributed by atoms with Gasteiger partial charge in [0.2, 0.25) is 5.91 Å². The van der Waals surface area contributed by atoms with E-state index in [4.69, 9.17) is 27.9 Å². The van der Waals surface area contributed by atoms with Gasteiger partial charge in [-0.3, -0.25) is 14.4 Å². The summed E-state index contributed by atoms with van der Waals surface area (Å²) in [6.45, 7) is 4.94. The molecule has 0 radical (unpaired) electrons. The minimum absolute atomic E-state index is 0.0574. The molecule has 1 aromatic rings. The second kappa shape index (κ2) is 8.53. The molecule has 8 heteroatoms. The highest BCUT2D eigenvalue weighted by atomic mass is 35.5. The maximum Gasteiger partial charge on any atom is 0.312 e. The number of carbonyl (C=O) groups excluding carboxylic acids is 3. The third kappa shape index (κ3) is 4.49. The van der Waals surface area contributed by atoms with Crippen LogP contribution in [0.25, 0.3) is 0 Å². The van der Waals surface area contributed by atoms with E-state index in [1.807, 2.05) is 6.92 Å². The molecular formula is C24H30Cl2N2O4. The number of hydrogen-bond acceptors (Lipinski definition) is 4. The van der Waals surface area contributed by atoms with Crippen molar-refractivity contribution in [3.63, 3.8) is 0 Å². The molecule has 4 atom stereocenters. The van der Waals surface area contributed by atoms with Crippen molar-refractivity contribution in [2.45, 2.75) is 77.0 Å². The van der Waals surface area contributed by atoms with Crippen LogP contribution >= 0.6 is 23.2 Å². The maximum atomic E-state index is 13.3. The van der Waals surface area contributed by atoms with Crippen molar-refractivity contribution >= 4 is 41.0 Å². The topological polar surface area (TPSA) is 84.5 Å². The molecule has 2 N–H and O–H groups in total. The largest absolute Gasteiger partial charge is 0.452 e. The van der Waals surface area contributed by atoms with Gasteiger partial charge in [-0.2, -0.15) is 0 Å². The molecule has 0 saturated heterocycles. The number of esters is 1. The Morgan fingerprint density at radius 3 is 2.34 bits per heavy atom. The molecule has 4 saturated carbocycles. The number of rotatable bonds is 6. The van der Waals surface area contributed by atoms with E-state index in [1.165, 1.54) is 6.92 Å². The van der Waals surface area contributed by atoms with Crippen LogP contribution < -0.4 is 10.6 Å². The van der Waals surface area contributed by atoms with E-state index >= 15 is 0 Å². The average molecular weight is 481 g/mol. The van der Waals surface area contributed by atoms with Gasteiger partial charge in [0.1, 0.15) is 0 Å². The zero-order chi connectivity index (χ0) is 23.3. The lowest BCUT2D eigenvalue weighted by Gasteiger charge is -2.60. The highest BCUT2D eigenvalue weighted by molar-refractivity contribution is 6.35. The summed E-state index contributed by atoms with van der Waals surface area (Å²) in [5, 5.41) is 7.00. The fourth-order valence-corrected chi connectivity index (χ4v) is 7.19. The average Bonchev–Trinajstić information content (AvgIpc) is 2.65.